The average Bonchev–Trinajstić information content (AvgIpc) is 3.19. The molecule has 1 aromatic carbocycles. The van der Waals surface area contributed by atoms with E-state index in [9.17, 15) is 13.2 Å². The van der Waals surface area contributed by atoms with Gasteiger partial charge in [-0.1, -0.05) is 19.3 Å². The molecular formula is C19H28N2O5S. The molecule has 150 valence electrons. The van der Waals surface area contributed by atoms with Crippen LogP contribution in [0, 0.1) is 0 Å². The number of benzene rings is 1. The van der Waals surface area contributed by atoms with Gasteiger partial charge in [0.25, 0.3) is 5.91 Å². The molecule has 3 rings (SSSR count). The second kappa shape index (κ2) is 9.03. The monoisotopic (exact) mass is 396 g/mol. The predicted octanol–water partition coefficient (Wildman–Crippen LogP) is 2.21. The molecule has 1 heterocycles. The fourth-order valence-corrected chi connectivity index (χ4v) is 5.15. The predicted molar refractivity (Wildman–Crippen MR) is 101 cm³/mol. The zero-order chi connectivity index (χ0) is 19.3. The van der Waals surface area contributed by atoms with E-state index in [-0.39, 0.29) is 34.3 Å². The summed E-state index contributed by atoms with van der Waals surface area (Å²) in [6.45, 7) is 1.14. The second-order valence-corrected chi connectivity index (χ2v) is 8.85. The number of sulfonamides is 1. The van der Waals surface area contributed by atoms with Crippen molar-refractivity contribution in [2.45, 2.75) is 62.0 Å². The average molecular weight is 397 g/mol. The Bertz CT molecular complexity index is 753. The Kier molecular flexibility index (Phi) is 6.73. The molecular weight excluding hydrogens is 368 g/mol. The Morgan fingerprint density at radius 3 is 2.63 bits per heavy atom. The van der Waals surface area contributed by atoms with Crippen molar-refractivity contribution in [1.82, 2.24) is 10.0 Å². The summed E-state index contributed by atoms with van der Waals surface area (Å²) in [6, 6.07) is 4.42. The standard InChI is InChI=1S/C19H28N2O5S/c1-25-17-10-9-14(19(22)20-13-16-8-5-11-26-16)12-18(17)27(23,24)21-15-6-3-2-4-7-15/h9-10,12,15-16,21H,2-8,11,13H2,1H3,(H,20,22)/t16-/m0/s1. The van der Waals surface area contributed by atoms with Gasteiger partial charge in [0.15, 0.2) is 0 Å². The molecule has 0 spiro atoms. The van der Waals surface area contributed by atoms with Gasteiger partial charge in [0.05, 0.1) is 13.2 Å². The molecule has 2 aliphatic rings. The lowest BCUT2D eigenvalue weighted by molar-refractivity contribution is 0.0857. The first-order valence-electron chi connectivity index (χ1n) is 9.60. The highest BCUT2D eigenvalue weighted by atomic mass is 32.2. The first kappa shape index (κ1) is 20.1. The molecule has 0 radical (unpaired) electrons. The number of amides is 1. The lowest BCUT2D eigenvalue weighted by Crippen LogP contribution is -2.36. The molecule has 2 N–H and O–H groups in total. The van der Waals surface area contributed by atoms with Crippen LogP contribution in [0.15, 0.2) is 23.1 Å². The summed E-state index contributed by atoms with van der Waals surface area (Å²) >= 11 is 0. The summed E-state index contributed by atoms with van der Waals surface area (Å²) in [7, 11) is -2.35. The minimum atomic E-state index is -3.77. The van der Waals surface area contributed by atoms with Crippen molar-refractivity contribution in [2.24, 2.45) is 0 Å². The van der Waals surface area contributed by atoms with E-state index in [0.29, 0.717) is 6.54 Å². The van der Waals surface area contributed by atoms with Crippen molar-refractivity contribution in [2.75, 3.05) is 20.3 Å². The normalized spacial score (nSPS) is 21.1. The van der Waals surface area contributed by atoms with Gasteiger partial charge in [0.1, 0.15) is 10.6 Å². The third-order valence-electron chi connectivity index (χ3n) is 5.16. The Hall–Kier alpha value is -1.64. The van der Waals surface area contributed by atoms with Gasteiger partial charge in [0, 0.05) is 24.8 Å². The SMILES string of the molecule is COc1ccc(C(=O)NC[C@@H]2CCCO2)cc1S(=O)(=O)NC1CCCCC1. The van der Waals surface area contributed by atoms with E-state index in [1.165, 1.54) is 19.2 Å². The number of methoxy groups -OCH3 is 1. The molecule has 8 heteroatoms. The van der Waals surface area contributed by atoms with Crippen LogP contribution in [0.5, 0.6) is 5.75 Å². The molecule has 1 saturated carbocycles. The van der Waals surface area contributed by atoms with Crippen LogP contribution in [0.25, 0.3) is 0 Å². The third-order valence-corrected chi connectivity index (χ3v) is 6.70. The van der Waals surface area contributed by atoms with Gasteiger partial charge in [-0.05, 0) is 43.9 Å². The Morgan fingerprint density at radius 1 is 1.19 bits per heavy atom. The lowest BCUT2D eigenvalue weighted by Gasteiger charge is -2.23. The smallest absolute Gasteiger partial charge is 0.251 e. The summed E-state index contributed by atoms with van der Waals surface area (Å²) in [4.78, 5) is 12.4. The van der Waals surface area contributed by atoms with Crippen molar-refractivity contribution in [1.29, 1.82) is 0 Å². The summed E-state index contributed by atoms with van der Waals surface area (Å²) in [5, 5.41) is 2.82. The highest BCUT2D eigenvalue weighted by molar-refractivity contribution is 7.89. The fourth-order valence-electron chi connectivity index (χ4n) is 3.65. The molecule has 1 aliphatic heterocycles. The molecule has 7 nitrogen and oxygen atoms in total. The molecule has 1 amide bonds. The first-order valence-corrected chi connectivity index (χ1v) is 11.1. The molecule has 1 aliphatic carbocycles. The maximum Gasteiger partial charge on any atom is 0.251 e. The summed E-state index contributed by atoms with van der Waals surface area (Å²) in [5.41, 5.74) is 0.290. The summed E-state index contributed by atoms with van der Waals surface area (Å²) in [6.07, 6.45) is 6.81. The van der Waals surface area contributed by atoms with Gasteiger partial charge in [-0.2, -0.15) is 0 Å². The quantitative estimate of drug-likeness (QED) is 0.737. The van der Waals surface area contributed by atoms with Crippen LogP contribution in [-0.2, 0) is 14.8 Å². The minimum absolute atomic E-state index is 0.000315. The number of hydrogen-bond donors (Lipinski definition) is 2. The summed E-state index contributed by atoms with van der Waals surface area (Å²) in [5.74, 6) is -0.0868. The van der Waals surface area contributed by atoms with Crippen LogP contribution >= 0.6 is 0 Å². The van der Waals surface area contributed by atoms with Crippen LogP contribution in [0.1, 0.15) is 55.3 Å². The number of ether oxygens (including phenoxy) is 2. The highest BCUT2D eigenvalue weighted by Crippen LogP contribution is 2.27. The minimum Gasteiger partial charge on any atom is -0.495 e. The van der Waals surface area contributed by atoms with Crippen molar-refractivity contribution in [3.05, 3.63) is 23.8 Å². The molecule has 0 aromatic heterocycles. The van der Waals surface area contributed by atoms with E-state index in [4.69, 9.17) is 9.47 Å². The van der Waals surface area contributed by atoms with E-state index in [2.05, 4.69) is 10.0 Å². The van der Waals surface area contributed by atoms with Crippen LogP contribution in [0.3, 0.4) is 0 Å². The van der Waals surface area contributed by atoms with Crippen LogP contribution in [-0.4, -0.2) is 46.7 Å². The third kappa shape index (κ3) is 5.21. The maximum atomic E-state index is 12.9. The van der Waals surface area contributed by atoms with Crippen molar-refractivity contribution >= 4 is 15.9 Å². The van der Waals surface area contributed by atoms with Gasteiger partial charge in [0.2, 0.25) is 10.0 Å². The number of nitrogens with one attached hydrogen (secondary N) is 2. The number of carbonyl (C=O) groups is 1. The van der Waals surface area contributed by atoms with Gasteiger partial charge in [-0.15, -0.1) is 0 Å². The maximum absolute atomic E-state index is 12.9. The highest BCUT2D eigenvalue weighted by Gasteiger charge is 2.26. The van der Waals surface area contributed by atoms with Crippen molar-refractivity contribution in [3.8, 4) is 5.75 Å². The van der Waals surface area contributed by atoms with Gasteiger partial charge >= 0.3 is 0 Å². The Labute approximate surface area is 160 Å². The first-order chi connectivity index (χ1) is 13.0. The largest absolute Gasteiger partial charge is 0.495 e. The van der Waals surface area contributed by atoms with Gasteiger partial charge in [-0.25, -0.2) is 13.1 Å². The molecule has 0 unspecified atom stereocenters. The van der Waals surface area contributed by atoms with Crippen LogP contribution < -0.4 is 14.8 Å². The second-order valence-electron chi connectivity index (χ2n) is 7.17. The van der Waals surface area contributed by atoms with Gasteiger partial charge in [-0.3, -0.25) is 4.79 Å². The summed E-state index contributed by atoms with van der Waals surface area (Å²) < 4.78 is 39.3. The van der Waals surface area contributed by atoms with Crippen LogP contribution in [0.4, 0.5) is 0 Å². The molecule has 1 atom stereocenters. The molecule has 27 heavy (non-hydrogen) atoms. The van der Waals surface area contributed by atoms with Gasteiger partial charge < -0.3 is 14.8 Å². The number of carbonyl (C=O) groups excluding carboxylic acids is 1. The van der Waals surface area contributed by atoms with E-state index in [0.717, 1.165) is 51.6 Å². The Balaban J connectivity index is 1.74. The Morgan fingerprint density at radius 2 is 1.96 bits per heavy atom. The zero-order valence-corrected chi connectivity index (χ0v) is 16.5. The molecule has 0 bridgehead atoms. The van der Waals surface area contributed by atoms with Crippen LogP contribution in [0.2, 0.25) is 0 Å². The van der Waals surface area contributed by atoms with E-state index < -0.39 is 10.0 Å². The topological polar surface area (TPSA) is 93.7 Å². The number of hydrogen-bond acceptors (Lipinski definition) is 5. The zero-order valence-electron chi connectivity index (χ0n) is 15.7. The molecule has 1 aromatic rings. The fraction of sp³-hybridized carbons (Fsp3) is 0.632. The van der Waals surface area contributed by atoms with E-state index in [1.807, 2.05) is 0 Å². The lowest BCUT2D eigenvalue weighted by atomic mass is 9.96. The van der Waals surface area contributed by atoms with E-state index in [1.54, 1.807) is 6.07 Å². The molecule has 1 saturated heterocycles. The van der Waals surface area contributed by atoms with Crippen molar-refractivity contribution in [3.63, 3.8) is 0 Å². The molecule has 2 fully saturated rings. The van der Waals surface area contributed by atoms with Crippen molar-refractivity contribution < 1.29 is 22.7 Å². The van der Waals surface area contributed by atoms with E-state index >= 15 is 0 Å². The number of rotatable bonds is 7.